The second-order valence-electron chi connectivity index (χ2n) is 4.24. The second-order valence-corrected chi connectivity index (χ2v) is 4.24. The quantitative estimate of drug-likeness (QED) is 0.468. The van der Waals surface area contributed by atoms with Gasteiger partial charge in [-0.2, -0.15) is 0 Å². The molecule has 0 aliphatic heterocycles. The highest BCUT2D eigenvalue weighted by Gasteiger charge is 2.10. The fraction of sp³-hybridized carbons (Fsp3) is 0.429. The number of ether oxygens (including phenoxy) is 2. The van der Waals surface area contributed by atoms with Gasteiger partial charge in [0.15, 0.2) is 6.61 Å². The van der Waals surface area contributed by atoms with Crippen LogP contribution in [-0.4, -0.2) is 45.2 Å². The molecule has 21 heavy (non-hydrogen) atoms. The van der Waals surface area contributed by atoms with Crippen LogP contribution in [0, 0.1) is 0 Å². The second kappa shape index (κ2) is 8.80. The van der Waals surface area contributed by atoms with Gasteiger partial charge in [-0.15, -0.1) is 0 Å². The monoisotopic (exact) mass is 295 g/mol. The van der Waals surface area contributed by atoms with Gasteiger partial charge in [0, 0.05) is 25.8 Å². The van der Waals surface area contributed by atoms with Crippen molar-refractivity contribution in [2.75, 3.05) is 39.1 Å². The van der Waals surface area contributed by atoms with E-state index in [-0.39, 0.29) is 18.4 Å². The Labute approximate surface area is 123 Å². The van der Waals surface area contributed by atoms with Crippen LogP contribution in [0.25, 0.3) is 0 Å². The molecule has 0 radical (unpaired) electrons. The molecule has 0 bridgehead atoms. The summed E-state index contributed by atoms with van der Waals surface area (Å²) < 4.78 is 10.2. The summed E-state index contributed by atoms with van der Waals surface area (Å²) in [5.41, 5.74) is 6.56. The van der Waals surface area contributed by atoms with Crippen LogP contribution in [0.5, 0.6) is 5.75 Å². The number of hydrogen-bond acceptors (Lipinski definition) is 5. The van der Waals surface area contributed by atoms with Crippen LogP contribution in [0.1, 0.15) is 17.3 Å². The van der Waals surface area contributed by atoms with E-state index in [1.807, 2.05) is 6.92 Å². The van der Waals surface area contributed by atoms with Crippen LogP contribution in [0.2, 0.25) is 0 Å². The summed E-state index contributed by atoms with van der Waals surface area (Å²) >= 11 is 0. The Kier molecular flexibility index (Phi) is 7.03. The van der Waals surface area contributed by atoms with Gasteiger partial charge < -0.3 is 25.8 Å². The van der Waals surface area contributed by atoms with Gasteiger partial charge in [0.1, 0.15) is 5.75 Å². The maximum Gasteiger partial charge on any atom is 0.258 e. The molecule has 0 aliphatic rings. The van der Waals surface area contributed by atoms with E-state index >= 15 is 0 Å². The number of amides is 2. The van der Waals surface area contributed by atoms with Gasteiger partial charge >= 0.3 is 0 Å². The molecule has 0 atom stereocenters. The average Bonchev–Trinajstić information content (AvgIpc) is 2.47. The lowest BCUT2D eigenvalue weighted by Crippen LogP contribution is -2.31. The summed E-state index contributed by atoms with van der Waals surface area (Å²) in [5.74, 6) is -0.192. The molecule has 0 aromatic heterocycles. The maximum atomic E-state index is 11.7. The molecule has 116 valence electrons. The van der Waals surface area contributed by atoms with E-state index in [9.17, 15) is 9.59 Å². The fourth-order valence-corrected chi connectivity index (χ4v) is 1.55. The smallest absolute Gasteiger partial charge is 0.258 e. The van der Waals surface area contributed by atoms with Crippen molar-refractivity contribution in [3.05, 3.63) is 23.8 Å². The predicted octanol–water partition coefficient (Wildman–Crippen LogP) is 0.160. The first-order chi connectivity index (χ1) is 10.1. The molecule has 1 rings (SSSR count). The topological polar surface area (TPSA) is 103 Å². The van der Waals surface area contributed by atoms with Gasteiger partial charge in [-0.25, -0.2) is 0 Å². The van der Waals surface area contributed by atoms with E-state index in [0.29, 0.717) is 36.7 Å². The number of nitrogens with one attached hydrogen (secondary N) is 2. The highest BCUT2D eigenvalue weighted by atomic mass is 16.5. The zero-order chi connectivity index (χ0) is 15.7. The van der Waals surface area contributed by atoms with Crippen LogP contribution in [0.4, 0.5) is 5.69 Å². The summed E-state index contributed by atoms with van der Waals surface area (Å²) in [6.45, 7) is 3.03. The molecule has 0 aliphatic carbocycles. The van der Waals surface area contributed by atoms with Crippen molar-refractivity contribution < 1.29 is 19.1 Å². The Hall–Kier alpha value is -2.28. The molecule has 4 N–H and O–H groups in total. The Balaban J connectivity index is 2.59. The third kappa shape index (κ3) is 5.70. The van der Waals surface area contributed by atoms with Gasteiger partial charge in [0.05, 0.1) is 12.3 Å². The minimum absolute atomic E-state index is 0.174. The third-order valence-corrected chi connectivity index (χ3v) is 2.60. The lowest BCUT2D eigenvalue weighted by atomic mass is 10.2. The zero-order valence-electron chi connectivity index (χ0n) is 12.3. The Bertz CT molecular complexity index is 491. The summed E-state index contributed by atoms with van der Waals surface area (Å²) in [6.07, 6.45) is 0. The van der Waals surface area contributed by atoms with E-state index in [1.165, 1.54) is 6.07 Å². The van der Waals surface area contributed by atoms with E-state index in [1.54, 1.807) is 19.2 Å². The highest BCUT2D eigenvalue weighted by molar-refractivity contribution is 5.95. The molecule has 0 spiro atoms. The number of anilines is 1. The number of carbonyl (C=O) groups excluding carboxylic acids is 2. The average molecular weight is 295 g/mol. The van der Waals surface area contributed by atoms with Crippen molar-refractivity contribution in [1.82, 2.24) is 10.6 Å². The standard InChI is InChI=1S/C14H21N3O4/c1-3-16-14(19)10-4-5-11(15)12(8-10)21-9-13(18)17-6-7-20-2/h4-5,8H,3,6-7,9,15H2,1-2H3,(H,16,19)(H,17,18). The van der Waals surface area contributed by atoms with Crippen molar-refractivity contribution in [2.24, 2.45) is 0 Å². The third-order valence-electron chi connectivity index (χ3n) is 2.60. The largest absolute Gasteiger partial charge is 0.482 e. The van der Waals surface area contributed by atoms with Crippen molar-refractivity contribution in [3.8, 4) is 5.75 Å². The number of hydrogen-bond donors (Lipinski definition) is 3. The number of carbonyl (C=O) groups is 2. The van der Waals surface area contributed by atoms with Crippen molar-refractivity contribution in [2.45, 2.75) is 6.92 Å². The van der Waals surface area contributed by atoms with Crippen LogP contribution in [0.3, 0.4) is 0 Å². The molecule has 0 heterocycles. The van der Waals surface area contributed by atoms with Crippen LogP contribution < -0.4 is 21.1 Å². The minimum atomic E-state index is -0.283. The first kappa shape index (κ1) is 16.8. The fourth-order valence-electron chi connectivity index (χ4n) is 1.55. The van der Waals surface area contributed by atoms with E-state index in [4.69, 9.17) is 15.2 Å². The summed E-state index contributed by atoms with van der Waals surface area (Å²) in [6, 6.07) is 4.69. The van der Waals surface area contributed by atoms with E-state index in [0.717, 1.165) is 0 Å². The minimum Gasteiger partial charge on any atom is -0.482 e. The molecule has 0 fully saturated rings. The van der Waals surface area contributed by atoms with Gasteiger partial charge in [0.2, 0.25) is 0 Å². The Morgan fingerprint density at radius 2 is 2.05 bits per heavy atom. The van der Waals surface area contributed by atoms with Crippen molar-refractivity contribution >= 4 is 17.5 Å². The normalized spacial score (nSPS) is 10.0. The summed E-state index contributed by atoms with van der Waals surface area (Å²) in [5, 5.41) is 5.30. The molecule has 1 aromatic carbocycles. The zero-order valence-corrected chi connectivity index (χ0v) is 12.3. The van der Waals surface area contributed by atoms with Crippen molar-refractivity contribution in [3.63, 3.8) is 0 Å². The number of rotatable bonds is 8. The molecule has 2 amide bonds. The van der Waals surface area contributed by atoms with E-state index < -0.39 is 0 Å². The molecular weight excluding hydrogens is 274 g/mol. The van der Waals surface area contributed by atoms with Gasteiger partial charge in [-0.3, -0.25) is 9.59 Å². The SMILES string of the molecule is CCNC(=O)c1ccc(N)c(OCC(=O)NCCOC)c1. The van der Waals surface area contributed by atoms with Crippen LogP contribution in [0.15, 0.2) is 18.2 Å². The molecule has 7 heteroatoms. The molecule has 1 aromatic rings. The molecule has 0 unspecified atom stereocenters. The molecule has 0 saturated heterocycles. The van der Waals surface area contributed by atoms with Crippen molar-refractivity contribution in [1.29, 1.82) is 0 Å². The first-order valence-electron chi connectivity index (χ1n) is 6.64. The molecular formula is C14H21N3O4. The van der Waals surface area contributed by atoms with Gasteiger partial charge in [0.25, 0.3) is 11.8 Å². The first-order valence-corrected chi connectivity index (χ1v) is 6.64. The maximum absolute atomic E-state index is 11.7. The summed E-state index contributed by atoms with van der Waals surface area (Å²) in [7, 11) is 1.55. The number of benzene rings is 1. The van der Waals surface area contributed by atoms with Crippen LogP contribution in [-0.2, 0) is 9.53 Å². The van der Waals surface area contributed by atoms with Gasteiger partial charge in [-0.05, 0) is 25.1 Å². The highest BCUT2D eigenvalue weighted by Crippen LogP contribution is 2.22. The number of nitrogens with two attached hydrogens (primary N) is 1. The summed E-state index contributed by atoms with van der Waals surface area (Å²) in [4.78, 5) is 23.2. The van der Waals surface area contributed by atoms with Crippen LogP contribution >= 0.6 is 0 Å². The van der Waals surface area contributed by atoms with Gasteiger partial charge in [-0.1, -0.05) is 0 Å². The Morgan fingerprint density at radius 3 is 2.71 bits per heavy atom. The lowest BCUT2D eigenvalue weighted by molar-refractivity contribution is -0.123. The number of methoxy groups -OCH3 is 1. The predicted molar refractivity (Wildman–Crippen MR) is 79.2 cm³/mol. The lowest BCUT2D eigenvalue weighted by Gasteiger charge is -2.11. The van der Waals surface area contributed by atoms with E-state index in [2.05, 4.69) is 10.6 Å². The number of nitrogen functional groups attached to an aromatic ring is 1. The Morgan fingerprint density at radius 1 is 1.29 bits per heavy atom. The molecule has 0 saturated carbocycles. The molecule has 7 nitrogen and oxygen atoms in total.